The van der Waals surface area contributed by atoms with Crippen LogP contribution in [0.4, 0.5) is 5.69 Å². The van der Waals surface area contributed by atoms with E-state index in [9.17, 15) is 0 Å². The minimum atomic E-state index is 0.422. The number of hydrogen-bond acceptors (Lipinski definition) is 3. The summed E-state index contributed by atoms with van der Waals surface area (Å²) >= 11 is 16.6. The Balaban J connectivity index is 3.19. The molecule has 3 nitrogen and oxygen atoms in total. The second kappa shape index (κ2) is 6.36. The van der Waals surface area contributed by atoms with Crippen molar-refractivity contribution < 1.29 is 0 Å². The van der Waals surface area contributed by atoms with Gasteiger partial charge < -0.3 is 0 Å². The summed E-state index contributed by atoms with van der Waals surface area (Å²) in [5, 5.41) is 12.2. The first-order valence-corrected chi connectivity index (χ1v) is 6.78. The van der Waals surface area contributed by atoms with E-state index < -0.39 is 0 Å². The lowest BCUT2D eigenvalue weighted by molar-refractivity contribution is 1.28. The van der Waals surface area contributed by atoms with E-state index in [2.05, 4.69) is 26.2 Å². The fourth-order valence-corrected chi connectivity index (χ4v) is 2.54. The Bertz CT molecular complexity index is 447. The number of rotatable bonds is 1. The van der Waals surface area contributed by atoms with Crippen molar-refractivity contribution in [1.29, 1.82) is 5.26 Å². The topological polar surface area (TPSA) is 48.2 Å². The highest BCUT2D eigenvalue weighted by atomic mass is 79.9. The molecule has 0 spiro atoms. The van der Waals surface area contributed by atoms with E-state index in [0.29, 0.717) is 20.9 Å². The molecule has 1 rings (SSSR count). The maximum atomic E-state index is 8.50. The summed E-state index contributed by atoms with van der Waals surface area (Å²) in [4.78, 5) is 4.17. The molecule has 0 amide bonds. The lowest BCUT2D eigenvalue weighted by Crippen LogP contribution is -2.12. The van der Waals surface area contributed by atoms with Crippen molar-refractivity contribution in [1.82, 2.24) is 5.32 Å². The number of thioether (sulfide) groups is 1. The molecule has 0 unspecified atom stereocenters. The molecular formula is C9H6BrCl2N3S. The number of benzene rings is 1. The Morgan fingerprint density at radius 3 is 2.50 bits per heavy atom. The number of halogens is 3. The third-order valence-corrected chi connectivity index (χ3v) is 3.17. The minimum absolute atomic E-state index is 0.422. The van der Waals surface area contributed by atoms with Crippen molar-refractivity contribution in [3.63, 3.8) is 0 Å². The highest BCUT2D eigenvalue weighted by molar-refractivity contribution is 9.10. The lowest BCUT2D eigenvalue weighted by atomic mass is 10.3. The van der Waals surface area contributed by atoms with Crippen LogP contribution >= 0.6 is 50.9 Å². The zero-order valence-corrected chi connectivity index (χ0v) is 12.0. The van der Waals surface area contributed by atoms with E-state index in [0.717, 1.165) is 4.47 Å². The summed E-state index contributed by atoms with van der Waals surface area (Å²) in [5.41, 5.74) is 0.443. The maximum absolute atomic E-state index is 8.50. The minimum Gasteiger partial charge on any atom is -0.271 e. The van der Waals surface area contributed by atoms with Gasteiger partial charge in [0.15, 0.2) is 11.4 Å². The van der Waals surface area contributed by atoms with E-state index in [4.69, 9.17) is 28.5 Å². The smallest absolute Gasteiger partial charge is 0.183 e. The van der Waals surface area contributed by atoms with Gasteiger partial charge in [0, 0.05) is 4.47 Å². The molecule has 0 aromatic heterocycles. The van der Waals surface area contributed by atoms with Crippen LogP contribution in [0, 0.1) is 11.5 Å². The van der Waals surface area contributed by atoms with Crippen molar-refractivity contribution in [2.75, 3.05) is 6.26 Å². The van der Waals surface area contributed by atoms with Crippen LogP contribution in [0.3, 0.4) is 0 Å². The fraction of sp³-hybridized carbons (Fsp3) is 0.111. The molecule has 7 heteroatoms. The van der Waals surface area contributed by atoms with Crippen LogP contribution < -0.4 is 5.32 Å². The quantitative estimate of drug-likeness (QED) is 0.361. The van der Waals surface area contributed by atoms with Crippen LogP contribution in [0.5, 0.6) is 0 Å². The van der Waals surface area contributed by atoms with Crippen molar-refractivity contribution >= 4 is 61.7 Å². The number of amidine groups is 1. The normalized spacial score (nSPS) is 11.1. The van der Waals surface area contributed by atoms with Crippen molar-refractivity contribution in [2.45, 2.75) is 0 Å². The standard InChI is InChI=1S/C9H6BrCl2N3S/c1-16-9(14-4-13)15-8-6(11)2-5(10)3-7(8)12/h2-3H,1H3,(H,14,15). The van der Waals surface area contributed by atoms with Gasteiger partial charge in [0.2, 0.25) is 0 Å². The van der Waals surface area contributed by atoms with E-state index in [1.807, 2.05) is 0 Å². The van der Waals surface area contributed by atoms with Gasteiger partial charge in [-0.1, -0.05) is 50.9 Å². The van der Waals surface area contributed by atoms with Gasteiger partial charge in [-0.25, -0.2) is 4.99 Å². The highest BCUT2D eigenvalue weighted by Crippen LogP contribution is 2.36. The molecule has 1 aromatic rings. The van der Waals surface area contributed by atoms with Crippen LogP contribution in [0.15, 0.2) is 21.6 Å². The summed E-state index contributed by atoms with van der Waals surface area (Å²) in [6.45, 7) is 0. The van der Waals surface area contributed by atoms with E-state index in [1.54, 1.807) is 24.6 Å². The number of hydrogen-bond donors (Lipinski definition) is 1. The van der Waals surface area contributed by atoms with Gasteiger partial charge in [-0.2, -0.15) is 5.26 Å². The number of aliphatic imine (C=N–C) groups is 1. The molecule has 0 aliphatic heterocycles. The molecule has 0 heterocycles. The third kappa shape index (κ3) is 3.56. The SMILES string of the molecule is CSC(=Nc1c(Cl)cc(Br)cc1Cl)NC#N. The summed E-state index contributed by atoms with van der Waals surface area (Å²) < 4.78 is 0.778. The first-order chi connectivity index (χ1) is 7.58. The van der Waals surface area contributed by atoms with Crippen LogP contribution in [-0.4, -0.2) is 11.4 Å². The van der Waals surface area contributed by atoms with Gasteiger partial charge in [-0.3, -0.25) is 5.32 Å². The Kier molecular flexibility index (Phi) is 5.42. The monoisotopic (exact) mass is 337 g/mol. The van der Waals surface area contributed by atoms with Crippen molar-refractivity contribution in [2.24, 2.45) is 4.99 Å². The van der Waals surface area contributed by atoms with E-state index in [-0.39, 0.29) is 0 Å². The van der Waals surface area contributed by atoms with Gasteiger partial charge in [0.1, 0.15) is 5.69 Å². The Labute approximate surface area is 116 Å². The molecule has 0 fully saturated rings. The average Bonchev–Trinajstić information content (AvgIpc) is 2.21. The fourth-order valence-electron chi connectivity index (χ4n) is 0.915. The van der Waals surface area contributed by atoms with Crippen LogP contribution in [0.25, 0.3) is 0 Å². The predicted molar refractivity (Wildman–Crippen MR) is 73.5 cm³/mol. The summed E-state index contributed by atoms with van der Waals surface area (Å²) in [6.07, 6.45) is 3.59. The molecule has 0 aliphatic rings. The molecule has 0 radical (unpaired) electrons. The Morgan fingerprint density at radius 1 is 1.50 bits per heavy atom. The second-order valence-electron chi connectivity index (χ2n) is 2.58. The zero-order valence-electron chi connectivity index (χ0n) is 8.09. The van der Waals surface area contributed by atoms with Crippen LogP contribution in [0.1, 0.15) is 0 Å². The van der Waals surface area contributed by atoms with Gasteiger partial charge in [0.25, 0.3) is 0 Å². The Morgan fingerprint density at radius 2 is 2.06 bits per heavy atom. The lowest BCUT2D eigenvalue weighted by Gasteiger charge is -2.04. The molecule has 0 saturated carbocycles. The largest absolute Gasteiger partial charge is 0.271 e. The number of nitrogens with one attached hydrogen (secondary N) is 1. The number of nitrogens with zero attached hydrogens (tertiary/aromatic N) is 2. The molecule has 0 saturated heterocycles. The molecule has 0 bridgehead atoms. The van der Waals surface area contributed by atoms with Crippen molar-refractivity contribution in [3.8, 4) is 6.19 Å². The Hall–Kier alpha value is -0.410. The molecule has 0 aliphatic carbocycles. The third-order valence-electron chi connectivity index (χ3n) is 1.55. The molecule has 84 valence electrons. The molecule has 1 N–H and O–H groups in total. The first-order valence-electron chi connectivity index (χ1n) is 4.00. The summed E-state index contributed by atoms with van der Waals surface area (Å²) in [7, 11) is 0. The van der Waals surface area contributed by atoms with Crippen LogP contribution in [0.2, 0.25) is 10.0 Å². The second-order valence-corrected chi connectivity index (χ2v) is 5.10. The highest BCUT2D eigenvalue weighted by Gasteiger charge is 2.08. The molecule has 16 heavy (non-hydrogen) atoms. The number of nitriles is 1. The average molecular weight is 339 g/mol. The zero-order chi connectivity index (χ0) is 12.1. The first kappa shape index (κ1) is 13.7. The van der Waals surface area contributed by atoms with E-state index >= 15 is 0 Å². The maximum Gasteiger partial charge on any atom is 0.183 e. The molecule has 0 atom stereocenters. The van der Waals surface area contributed by atoms with Gasteiger partial charge in [-0.15, -0.1) is 0 Å². The predicted octanol–water partition coefficient (Wildman–Crippen LogP) is 4.18. The molecule has 1 aromatic carbocycles. The molecular weight excluding hydrogens is 333 g/mol. The summed E-state index contributed by atoms with van der Waals surface area (Å²) in [6, 6.07) is 3.38. The van der Waals surface area contributed by atoms with E-state index in [1.165, 1.54) is 11.8 Å². The summed E-state index contributed by atoms with van der Waals surface area (Å²) in [5.74, 6) is 0. The van der Waals surface area contributed by atoms with Crippen LogP contribution in [-0.2, 0) is 0 Å². The van der Waals surface area contributed by atoms with Gasteiger partial charge >= 0.3 is 0 Å². The van der Waals surface area contributed by atoms with Gasteiger partial charge in [0.05, 0.1) is 10.0 Å². The van der Waals surface area contributed by atoms with Gasteiger partial charge in [-0.05, 0) is 18.4 Å². The van der Waals surface area contributed by atoms with Crippen molar-refractivity contribution in [3.05, 3.63) is 26.7 Å².